The number of aromatic nitrogens is 1. The molecule has 1 aromatic carbocycles. The summed E-state index contributed by atoms with van der Waals surface area (Å²) < 4.78 is 5.40. The summed E-state index contributed by atoms with van der Waals surface area (Å²) in [4.78, 5) is 28.2. The molecule has 2 heterocycles. The van der Waals surface area contributed by atoms with Crippen molar-refractivity contribution in [2.75, 3.05) is 5.43 Å². The zero-order valence-electron chi connectivity index (χ0n) is 13.7. The zero-order chi connectivity index (χ0) is 17.8. The molecule has 0 saturated carbocycles. The highest BCUT2D eigenvalue weighted by molar-refractivity contribution is 6.33. The van der Waals surface area contributed by atoms with Gasteiger partial charge in [-0.25, -0.2) is 4.79 Å². The third-order valence-corrected chi connectivity index (χ3v) is 4.34. The van der Waals surface area contributed by atoms with Crippen LogP contribution in [0, 0.1) is 0 Å². The van der Waals surface area contributed by atoms with Crippen LogP contribution in [-0.4, -0.2) is 16.9 Å². The fourth-order valence-electron chi connectivity index (χ4n) is 2.69. The number of nitrogens with one attached hydrogen (secondary N) is 2. The second kappa shape index (κ2) is 7.53. The van der Waals surface area contributed by atoms with Crippen LogP contribution in [0.2, 0.25) is 5.02 Å². The average Bonchev–Trinajstić information content (AvgIpc) is 2.94. The molecule has 0 fully saturated rings. The van der Waals surface area contributed by atoms with Gasteiger partial charge in [0.05, 0.1) is 16.3 Å². The van der Waals surface area contributed by atoms with Gasteiger partial charge in [0.25, 0.3) is 5.91 Å². The van der Waals surface area contributed by atoms with Crippen molar-refractivity contribution < 1.29 is 14.3 Å². The number of carbonyl (C=O) groups is 2. The topological polar surface area (TPSA) is 80.3 Å². The normalized spacial score (nSPS) is 15.4. The molecule has 0 spiro atoms. The number of hydrazine groups is 1. The van der Waals surface area contributed by atoms with Crippen LogP contribution in [0.25, 0.3) is 0 Å². The van der Waals surface area contributed by atoms with E-state index >= 15 is 0 Å². The van der Waals surface area contributed by atoms with Gasteiger partial charge in [0.15, 0.2) is 0 Å². The quantitative estimate of drug-likeness (QED) is 0.604. The molecule has 1 amide bonds. The van der Waals surface area contributed by atoms with E-state index in [0.717, 1.165) is 24.8 Å². The minimum absolute atomic E-state index is 0.215. The summed E-state index contributed by atoms with van der Waals surface area (Å²) in [7, 11) is 0. The highest BCUT2D eigenvalue weighted by Gasteiger charge is 2.31. The van der Waals surface area contributed by atoms with Gasteiger partial charge in [-0.15, -0.1) is 0 Å². The first-order valence-corrected chi connectivity index (χ1v) is 8.48. The molecule has 1 atom stereocenters. The minimum atomic E-state index is -0.379. The van der Waals surface area contributed by atoms with E-state index in [1.807, 2.05) is 0 Å². The number of amides is 1. The lowest BCUT2D eigenvalue weighted by Gasteiger charge is -2.11. The number of pyridine rings is 1. The summed E-state index contributed by atoms with van der Waals surface area (Å²) in [5.74, 6) is -0.753. The number of hydrogen-bond donors (Lipinski definition) is 2. The van der Waals surface area contributed by atoms with Gasteiger partial charge < -0.3 is 4.74 Å². The number of anilines is 1. The molecule has 0 bridgehead atoms. The molecular formula is C18H18ClN3O3. The minimum Gasteiger partial charge on any atom is -0.454 e. The summed E-state index contributed by atoms with van der Waals surface area (Å²) in [6.07, 6.45) is 5.63. The van der Waals surface area contributed by atoms with Gasteiger partial charge in [-0.2, -0.15) is 0 Å². The maximum Gasteiger partial charge on any atom is 0.339 e. The maximum absolute atomic E-state index is 12.3. The molecule has 2 aromatic rings. The lowest BCUT2D eigenvalue weighted by atomic mass is 9.99. The highest BCUT2D eigenvalue weighted by Crippen LogP contribution is 2.34. The predicted octanol–water partition coefficient (Wildman–Crippen LogP) is 3.89. The molecule has 25 heavy (non-hydrogen) atoms. The molecule has 1 aliphatic rings. The summed E-state index contributed by atoms with van der Waals surface area (Å²) in [5.41, 5.74) is 7.49. The standard InChI is InChI=1S/C18H18ClN3O3/c1-2-3-4-16-12-6-5-11(9-13(12)18(24)25-16)17(23)22-21-15-7-8-20-10-14(15)19/h5-10,16H,2-4H2,1H3,(H,20,21)(H,22,23). The molecule has 6 nitrogen and oxygen atoms in total. The van der Waals surface area contributed by atoms with Crippen LogP contribution in [0.5, 0.6) is 0 Å². The van der Waals surface area contributed by atoms with Gasteiger partial charge in [-0.1, -0.05) is 31.0 Å². The Morgan fingerprint density at radius 3 is 2.96 bits per heavy atom. The number of benzene rings is 1. The van der Waals surface area contributed by atoms with Crippen molar-refractivity contribution in [2.24, 2.45) is 0 Å². The summed E-state index contributed by atoms with van der Waals surface area (Å²) in [6, 6.07) is 6.68. The van der Waals surface area contributed by atoms with E-state index in [-0.39, 0.29) is 18.0 Å². The first kappa shape index (κ1) is 17.2. The summed E-state index contributed by atoms with van der Waals surface area (Å²) in [6.45, 7) is 2.09. The fourth-order valence-corrected chi connectivity index (χ4v) is 2.85. The molecule has 3 rings (SSSR count). The predicted molar refractivity (Wildman–Crippen MR) is 94.5 cm³/mol. The van der Waals surface area contributed by atoms with E-state index in [4.69, 9.17) is 16.3 Å². The number of nitrogens with zero attached hydrogens (tertiary/aromatic N) is 1. The lowest BCUT2D eigenvalue weighted by molar-refractivity contribution is 0.0364. The maximum atomic E-state index is 12.3. The molecule has 130 valence electrons. The number of fused-ring (bicyclic) bond motifs is 1. The van der Waals surface area contributed by atoms with E-state index in [1.165, 1.54) is 6.20 Å². The third kappa shape index (κ3) is 3.74. The molecular weight excluding hydrogens is 342 g/mol. The van der Waals surface area contributed by atoms with Crippen LogP contribution in [0.15, 0.2) is 36.7 Å². The largest absolute Gasteiger partial charge is 0.454 e. The first-order chi connectivity index (χ1) is 12.1. The van der Waals surface area contributed by atoms with Gasteiger partial charge in [0.1, 0.15) is 6.10 Å². The Labute approximate surface area is 150 Å². The lowest BCUT2D eigenvalue weighted by Crippen LogP contribution is -2.29. The van der Waals surface area contributed by atoms with Crippen molar-refractivity contribution in [2.45, 2.75) is 32.3 Å². The average molecular weight is 360 g/mol. The van der Waals surface area contributed by atoms with Crippen molar-refractivity contribution in [1.29, 1.82) is 0 Å². The Bertz CT molecular complexity index is 810. The SMILES string of the molecule is CCCCC1OC(=O)c2cc(C(=O)NNc3ccncc3Cl)ccc21. The van der Waals surface area contributed by atoms with Gasteiger partial charge in [-0.05, 0) is 31.0 Å². The van der Waals surface area contributed by atoms with Crippen LogP contribution in [0.3, 0.4) is 0 Å². The van der Waals surface area contributed by atoms with Crippen LogP contribution >= 0.6 is 11.6 Å². The van der Waals surface area contributed by atoms with Gasteiger partial charge >= 0.3 is 5.97 Å². The van der Waals surface area contributed by atoms with Crippen molar-refractivity contribution in [3.8, 4) is 0 Å². The summed E-state index contributed by atoms with van der Waals surface area (Å²) >= 11 is 5.97. The molecule has 1 unspecified atom stereocenters. The number of unbranched alkanes of at least 4 members (excludes halogenated alkanes) is 1. The summed E-state index contributed by atoms with van der Waals surface area (Å²) in [5, 5.41) is 0.388. The third-order valence-electron chi connectivity index (χ3n) is 4.03. The highest BCUT2D eigenvalue weighted by atomic mass is 35.5. The van der Waals surface area contributed by atoms with E-state index in [1.54, 1.807) is 30.5 Å². The zero-order valence-corrected chi connectivity index (χ0v) is 14.5. The monoisotopic (exact) mass is 359 g/mol. The number of esters is 1. The van der Waals surface area contributed by atoms with Gasteiger partial charge in [0, 0.05) is 23.5 Å². The fraction of sp³-hybridized carbons (Fsp3) is 0.278. The number of rotatable bonds is 6. The number of cyclic esters (lactones) is 1. The first-order valence-electron chi connectivity index (χ1n) is 8.11. The second-order valence-corrected chi connectivity index (χ2v) is 6.18. The Morgan fingerprint density at radius 1 is 1.36 bits per heavy atom. The Hall–Kier alpha value is -2.60. The van der Waals surface area contributed by atoms with Crippen LogP contribution in [0.1, 0.15) is 58.6 Å². The van der Waals surface area contributed by atoms with E-state index in [9.17, 15) is 9.59 Å². The van der Waals surface area contributed by atoms with E-state index in [2.05, 4.69) is 22.8 Å². The molecule has 1 aromatic heterocycles. The van der Waals surface area contributed by atoms with Crippen LogP contribution in [0.4, 0.5) is 5.69 Å². The Morgan fingerprint density at radius 2 is 2.20 bits per heavy atom. The Kier molecular flexibility index (Phi) is 5.19. The molecule has 2 N–H and O–H groups in total. The van der Waals surface area contributed by atoms with Crippen molar-refractivity contribution >= 4 is 29.2 Å². The van der Waals surface area contributed by atoms with Crippen molar-refractivity contribution in [3.05, 3.63) is 58.4 Å². The molecule has 0 saturated heterocycles. The van der Waals surface area contributed by atoms with Gasteiger partial charge in [-0.3, -0.25) is 20.6 Å². The molecule has 0 aliphatic carbocycles. The van der Waals surface area contributed by atoms with Gasteiger partial charge in [0.2, 0.25) is 0 Å². The number of ether oxygens (including phenoxy) is 1. The van der Waals surface area contributed by atoms with Crippen molar-refractivity contribution in [1.82, 2.24) is 10.4 Å². The number of carbonyl (C=O) groups excluding carboxylic acids is 2. The number of hydrogen-bond acceptors (Lipinski definition) is 5. The van der Waals surface area contributed by atoms with Crippen LogP contribution < -0.4 is 10.9 Å². The van der Waals surface area contributed by atoms with E-state index in [0.29, 0.717) is 21.8 Å². The smallest absolute Gasteiger partial charge is 0.339 e. The molecule has 1 aliphatic heterocycles. The molecule has 0 radical (unpaired) electrons. The Balaban J connectivity index is 1.71. The van der Waals surface area contributed by atoms with Crippen LogP contribution in [-0.2, 0) is 4.74 Å². The molecule has 7 heteroatoms. The van der Waals surface area contributed by atoms with E-state index < -0.39 is 0 Å². The number of halogens is 1. The second-order valence-electron chi connectivity index (χ2n) is 5.77. The van der Waals surface area contributed by atoms with Crippen molar-refractivity contribution in [3.63, 3.8) is 0 Å².